The van der Waals surface area contributed by atoms with E-state index in [-0.39, 0.29) is 22.8 Å². The van der Waals surface area contributed by atoms with Crippen LogP contribution in [0.1, 0.15) is 49.4 Å². The first-order chi connectivity index (χ1) is 16.0. The molecule has 2 aromatic carbocycles. The number of hydrogen-bond acceptors (Lipinski definition) is 5. The van der Waals surface area contributed by atoms with Crippen molar-refractivity contribution in [1.29, 1.82) is 0 Å². The minimum Gasteiger partial charge on any atom is -0.491 e. The van der Waals surface area contributed by atoms with E-state index in [9.17, 15) is 9.59 Å². The van der Waals surface area contributed by atoms with Gasteiger partial charge in [0.2, 0.25) is 5.91 Å². The van der Waals surface area contributed by atoms with Gasteiger partial charge in [0.05, 0.1) is 6.61 Å². The number of carbonyl (C=O) groups is 2. The SMILES string of the molecule is CCOCCOc1cccc(C(=O)NC(=S)Nc2cccc(NC(=O)C3CCCCC3)c2)c1. The molecule has 0 atom stereocenters. The lowest BCUT2D eigenvalue weighted by Gasteiger charge is -2.21. The largest absolute Gasteiger partial charge is 0.491 e. The Morgan fingerprint density at radius 3 is 2.45 bits per heavy atom. The molecule has 8 heteroatoms. The molecule has 1 saturated carbocycles. The minimum atomic E-state index is -0.343. The summed E-state index contributed by atoms with van der Waals surface area (Å²) in [6.07, 6.45) is 5.31. The van der Waals surface area contributed by atoms with Gasteiger partial charge in [0.25, 0.3) is 5.91 Å². The lowest BCUT2D eigenvalue weighted by molar-refractivity contribution is -0.120. The maximum absolute atomic E-state index is 12.6. The van der Waals surface area contributed by atoms with Crippen molar-refractivity contribution in [3.63, 3.8) is 0 Å². The monoisotopic (exact) mass is 469 g/mol. The molecule has 3 N–H and O–H groups in total. The molecule has 1 aliphatic rings. The average Bonchev–Trinajstić information content (AvgIpc) is 2.83. The van der Waals surface area contributed by atoms with Crippen LogP contribution in [0.4, 0.5) is 11.4 Å². The molecule has 0 heterocycles. The fourth-order valence-corrected chi connectivity index (χ4v) is 3.92. The molecule has 0 spiro atoms. The predicted molar refractivity (Wildman–Crippen MR) is 134 cm³/mol. The van der Waals surface area contributed by atoms with Gasteiger partial charge in [0.15, 0.2) is 5.11 Å². The minimum absolute atomic E-state index is 0.0612. The summed E-state index contributed by atoms with van der Waals surface area (Å²) in [7, 11) is 0. The summed E-state index contributed by atoms with van der Waals surface area (Å²) in [6, 6.07) is 14.2. The molecular weight excluding hydrogens is 438 g/mol. The third-order valence-electron chi connectivity index (χ3n) is 5.39. The van der Waals surface area contributed by atoms with Gasteiger partial charge in [-0.3, -0.25) is 14.9 Å². The Bertz CT molecular complexity index is 960. The maximum atomic E-state index is 12.6. The molecule has 7 nitrogen and oxygen atoms in total. The molecule has 2 amide bonds. The normalized spacial score (nSPS) is 13.7. The summed E-state index contributed by atoms with van der Waals surface area (Å²) in [5.41, 5.74) is 1.80. The molecule has 1 fully saturated rings. The van der Waals surface area contributed by atoms with E-state index >= 15 is 0 Å². The van der Waals surface area contributed by atoms with Crippen LogP contribution in [0.5, 0.6) is 5.75 Å². The zero-order chi connectivity index (χ0) is 23.5. The van der Waals surface area contributed by atoms with E-state index in [4.69, 9.17) is 21.7 Å². The molecule has 33 heavy (non-hydrogen) atoms. The number of rotatable bonds is 9. The first-order valence-corrected chi connectivity index (χ1v) is 11.8. The number of hydrogen-bond donors (Lipinski definition) is 3. The van der Waals surface area contributed by atoms with E-state index in [1.165, 1.54) is 6.42 Å². The quantitative estimate of drug-likeness (QED) is 0.363. The Labute approximate surface area is 200 Å². The first kappa shape index (κ1) is 24.7. The van der Waals surface area contributed by atoms with Gasteiger partial charge in [-0.25, -0.2) is 0 Å². The second-order valence-electron chi connectivity index (χ2n) is 7.89. The van der Waals surface area contributed by atoms with Crippen LogP contribution in [0, 0.1) is 5.92 Å². The van der Waals surface area contributed by atoms with Crippen LogP contribution in [-0.2, 0) is 9.53 Å². The van der Waals surface area contributed by atoms with Crippen LogP contribution in [0.3, 0.4) is 0 Å². The van der Waals surface area contributed by atoms with Gasteiger partial charge >= 0.3 is 0 Å². The number of carbonyl (C=O) groups excluding carboxylic acids is 2. The smallest absolute Gasteiger partial charge is 0.257 e. The van der Waals surface area contributed by atoms with Crippen molar-refractivity contribution in [3.05, 3.63) is 54.1 Å². The van der Waals surface area contributed by atoms with Gasteiger partial charge < -0.3 is 20.1 Å². The van der Waals surface area contributed by atoms with Crippen molar-refractivity contribution in [3.8, 4) is 5.75 Å². The molecular formula is C25H31N3O4S. The number of benzene rings is 2. The van der Waals surface area contributed by atoms with E-state index in [2.05, 4.69) is 16.0 Å². The van der Waals surface area contributed by atoms with Crippen molar-refractivity contribution < 1.29 is 19.1 Å². The zero-order valence-corrected chi connectivity index (χ0v) is 19.7. The number of amides is 2. The maximum Gasteiger partial charge on any atom is 0.257 e. The fourth-order valence-electron chi connectivity index (χ4n) is 3.71. The highest BCUT2D eigenvalue weighted by Gasteiger charge is 2.21. The summed E-state index contributed by atoms with van der Waals surface area (Å²) in [4.78, 5) is 25.1. The van der Waals surface area contributed by atoms with Gasteiger partial charge in [0, 0.05) is 29.5 Å². The standard InChI is InChI=1S/C25H31N3O4S/c1-2-31-14-15-32-22-13-6-10-19(16-22)24(30)28-25(33)27-21-12-7-11-20(17-21)26-23(29)18-8-4-3-5-9-18/h6-7,10-13,16-18H,2-5,8-9,14-15H2,1H3,(H,26,29)(H2,27,28,30,33). The number of nitrogens with one attached hydrogen (secondary N) is 3. The number of anilines is 2. The van der Waals surface area contributed by atoms with Crippen LogP contribution in [0.2, 0.25) is 0 Å². The summed E-state index contributed by atoms with van der Waals surface area (Å²) < 4.78 is 10.8. The second kappa shape index (κ2) is 12.9. The van der Waals surface area contributed by atoms with Gasteiger partial charge in [-0.05, 0) is 68.4 Å². The van der Waals surface area contributed by atoms with E-state index in [0.29, 0.717) is 42.5 Å². The first-order valence-electron chi connectivity index (χ1n) is 11.4. The summed E-state index contributed by atoms with van der Waals surface area (Å²) in [5, 5.41) is 8.83. The van der Waals surface area contributed by atoms with Crippen molar-refractivity contribution in [1.82, 2.24) is 5.32 Å². The highest BCUT2D eigenvalue weighted by atomic mass is 32.1. The molecule has 0 aliphatic heterocycles. The highest BCUT2D eigenvalue weighted by Crippen LogP contribution is 2.25. The summed E-state index contributed by atoms with van der Waals surface area (Å²) in [5.74, 6) is 0.382. The van der Waals surface area contributed by atoms with Crippen LogP contribution < -0.4 is 20.7 Å². The average molecular weight is 470 g/mol. The third kappa shape index (κ3) is 8.14. The summed E-state index contributed by atoms with van der Waals surface area (Å²) >= 11 is 5.30. The van der Waals surface area contributed by atoms with Gasteiger partial charge in [-0.1, -0.05) is 31.4 Å². The Morgan fingerprint density at radius 2 is 1.70 bits per heavy atom. The molecule has 0 bridgehead atoms. The molecule has 0 unspecified atom stereocenters. The van der Waals surface area contributed by atoms with Crippen LogP contribution >= 0.6 is 12.2 Å². The van der Waals surface area contributed by atoms with E-state index in [1.807, 2.05) is 25.1 Å². The van der Waals surface area contributed by atoms with Crippen molar-refractivity contribution in [2.45, 2.75) is 39.0 Å². The number of thiocarbonyl (C=S) groups is 1. The van der Waals surface area contributed by atoms with Gasteiger partial charge in [-0.15, -0.1) is 0 Å². The number of ether oxygens (including phenoxy) is 2. The molecule has 2 aromatic rings. The topological polar surface area (TPSA) is 88.7 Å². The third-order valence-corrected chi connectivity index (χ3v) is 5.59. The highest BCUT2D eigenvalue weighted by molar-refractivity contribution is 7.80. The Hall–Kier alpha value is -2.97. The molecule has 1 aliphatic carbocycles. The van der Waals surface area contributed by atoms with Crippen LogP contribution in [0.15, 0.2) is 48.5 Å². The Kier molecular flexibility index (Phi) is 9.65. The Morgan fingerprint density at radius 1 is 0.970 bits per heavy atom. The molecule has 3 rings (SSSR count). The molecule has 176 valence electrons. The zero-order valence-electron chi connectivity index (χ0n) is 18.9. The second-order valence-corrected chi connectivity index (χ2v) is 8.29. The van der Waals surface area contributed by atoms with Crippen LogP contribution in [-0.4, -0.2) is 36.7 Å². The summed E-state index contributed by atoms with van der Waals surface area (Å²) in [6.45, 7) is 3.45. The Balaban J connectivity index is 1.51. The lowest BCUT2D eigenvalue weighted by Crippen LogP contribution is -2.34. The molecule has 0 aromatic heterocycles. The van der Waals surface area contributed by atoms with E-state index < -0.39 is 0 Å². The fraction of sp³-hybridized carbons (Fsp3) is 0.400. The molecule has 0 radical (unpaired) electrons. The van der Waals surface area contributed by atoms with Crippen molar-refractivity contribution in [2.75, 3.05) is 30.5 Å². The van der Waals surface area contributed by atoms with Crippen molar-refractivity contribution in [2.24, 2.45) is 5.92 Å². The van der Waals surface area contributed by atoms with Crippen molar-refractivity contribution >= 4 is 40.5 Å². The van der Waals surface area contributed by atoms with Crippen LogP contribution in [0.25, 0.3) is 0 Å². The predicted octanol–water partition coefficient (Wildman–Crippen LogP) is 4.75. The van der Waals surface area contributed by atoms with Gasteiger partial charge in [-0.2, -0.15) is 0 Å². The van der Waals surface area contributed by atoms with Gasteiger partial charge in [0.1, 0.15) is 12.4 Å². The molecule has 0 saturated heterocycles. The van der Waals surface area contributed by atoms with E-state index in [1.54, 1.807) is 30.3 Å². The lowest BCUT2D eigenvalue weighted by atomic mass is 9.88. The van der Waals surface area contributed by atoms with E-state index in [0.717, 1.165) is 25.7 Å².